The van der Waals surface area contributed by atoms with Crippen molar-refractivity contribution in [2.75, 3.05) is 33.3 Å². The van der Waals surface area contributed by atoms with Crippen molar-refractivity contribution < 1.29 is 17.9 Å². The van der Waals surface area contributed by atoms with Gasteiger partial charge in [-0.15, -0.1) is 0 Å². The normalized spacial score (nSPS) is 23.7. The number of sulfonamides is 1. The Kier molecular flexibility index (Phi) is 5.36. The van der Waals surface area contributed by atoms with Crippen LogP contribution >= 0.6 is 0 Å². The van der Waals surface area contributed by atoms with Crippen molar-refractivity contribution in [3.05, 3.63) is 29.8 Å². The molecule has 0 radical (unpaired) electrons. The molecule has 1 atom stereocenters. The summed E-state index contributed by atoms with van der Waals surface area (Å²) in [7, 11) is -2.52. The molecule has 2 fully saturated rings. The highest BCUT2D eigenvalue weighted by Crippen LogP contribution is 2.35. The Morgan fingerprint density at radius 2 is 2.19 bits per heavy atom. The lowest BCUT2D eigenvalue weighted by molar-refractivity contribution is -0.129. The number of likely N-dealkylation sites (tertiary alicyclic amines) is 1. The Bertz CT molecular complexity index is 814. The lowest BCUT2D eigenvalue weighted by Gasteiger charge is -2.39. The molecule has 1 aromatic rings. The Morgan fingerprint density at radius 3 is 2.85 bits per heavy atom. The van der Waals surface area contributed by atoms with Crippen LogP contribution in [0, 0.1) is 5.41 Å². The number of ether oxygens (including phenoxy) is 1. The van der Waals surface area contributed by atoms with E-state index in [2.05, 4.69) is 5.32 Å². The number of amides is 1. The predicted molar refractivity (Wildman–Crippen MR) is 99.1 cm³/mol. The second-order valence-corrected chi connectivity index (χ2v) is 8.61. The molecule has 2 saturated heterocycles. The van der Waals surface area contributed by atoms with E-state index in [1.54, 1.807) is 12.1 Å². The van der Waals surface area contributed by atoms with E-state index in [-0.39, 0.29) is 22.0 Å². The molecule has 8 heteroatoms. The number of carbonyl (C=O) groups excluding carboxylic acids is 1. The fraction of sp³-hybridized carbons (Fsp3) is 0.500. The standard InChI is InChI=1S/C18H25N3O4S/c1-25-15-5-3-14(11-16(15)26(19,23)24)4-6-17(22)21-10-2-7-18(13-21)8-9-20-12-18/h3-6,11,20H,2,7-10,12-13H2,1H3,(H2,19,23,24). The van der Waals surface area contributed by atoms with Gasteiger partial charge in [0.15, 0.2) is 0 Å². The number of benzene rings is 1. The van der Waals surface area contributed by atoms with Gasteiger partial charge in [0.05, 0.1) is 7.11 Å². The van der Waals surface area contributed by atoms with E-state index in [0.29, 0.717) is 5.56 Å². The zero-order valence-electron chi connectivity index (χ0n) is 14.9. The van der Waals surface area contributed by atoms with E-state index in [9.17, 15) is 13.2 Å². The number of carbonyl (C=O) groups is 1. The minimum absolute atomic E-state index is 0.0519. The lowest BCUT2D eigenvalue weighted by atomic mass is 9.79. The van der Waals surface area contributed by atoms with E-state index in [1.165, 1.54) is 25.3 Å². The molecule has 2 aliphatic rings. The van der Waals surface area contributed by atoms with Crippen LogP contribution in [0.25, 0.3) is 6.08 Å². The number of methoxy groups -OCH3 is 1. The molecule has 2 heterocycles. The number of nitrogens with one attached hydrogen (secondary N) is 1. The van der Waals surface area contributed by atoms with Gasteiger partial charge < -0.3 is 15.0 Å². The number of nitrogens with two attached hydrogens (primary N) is 1. The van der Waals surface area contributed by atoms with E-state index in [1.807, 2.05) is 4.90 Å². The van der Waals surface area contributed by atoms with Gasteiger partial charge in [-0.25, -0.2) is 13.6 Å². The van der Waals surface area contributed by atoms with Crippen molar-refractivity contribution in [2.45, 2.75) is 24.2 Å². The van der Waals surface area contributed by atoms with Crippen molar-refractivity contribution in [1.29, 1.82) is 0 Å². The fourth-order valence-electron chi connectivity index (χ4n) is 3.83. The average Bonchev–Trinajstić information content (AvgIpc) is 3.06. The van der Waals surface area contributed by atoms with Crippen molar-refractivity contribution in [1.82, 2.24) is 10.2 Å². The largest absolute Gasteiger partial charge is 0.495 e. The Hall–Kier alpha value is -1.90. The van der Waals surface area contributed by atoms with Crippen LogP contribution in [0.15, 0.2) is 29.2 Å². The highest BCUT2D eigenvalue weighted by molar-refractivity contribution is 7.89. The number of piperidine rings is 1. The monoisotopic (exact) mass is 379 g/mol. The van der Waals surface area contributed by atoms with Gasteiger partial charge in [-0.05, 0) is 49.6 Å². The summed E-state index contributed by atoms with van der Waals surface area (Å²) in [6.07, 6.45) is 6.39. The van der Waals surface area contributed by atoms with Gasteiger partial charge in [0.1, 0.15) is 10.6 Å². The molecular weight excluding hydrogens is 354 g/mol. The molecule has 142 valence electrons. The van der Waals surface area contributed by atoms with Crippen LogP contribution in [0.2, 0.25) is 0 Å². The summed E-state index contributed by atoms with van der Waals surface area (Å²) in [6.45, 7) is 3.51. The molecule has 0 bridgehead atoms. The first kappa shape index (κ1) is 18.9. The lowest BCUT2D eigenvalue weighted by Crippen LogP contribution is -2.46. The third-order valence-corrected chi connectivity index (χ3v) is 6.15. The Labute approximate surface area is 154 Å². The van der Waals surface area contributed by atoms with Gasteiger partial charge in [0.25, 0.3) is 0 Å². The molecule has 1 amide bonds. The molecular formula is C18H25N3O4S. The smallest absolute Gasteiger partial charge is 0.246 e. The van der Waals surface area contributed by atoms with E-state index in [0.717, 1.165) is 45.4 Å². The zero-order valence-corrected chi connectivity index (χ0v) is 15.7. The maximum atomic E-state index is 12.6. The van der Waals surface area contributed by atoms with Gasteiger partial charge in [-0.1, -0.05) is 6.07 Å². The van der Waals surface area contributed by atoms with E-state index in [4.69, 9.17) is 9.88 Å². The van der Waals surface area contributed by atoms with Crippen molar-refractivity contribution in [3.8, 4) is 5.75 Å². The molecule has 7 nitrogen and oxygen atoms in total. The topological polar surface area (TPSA) is 102 Å². The second kappa shape index (κ2) is 7.38. The molecule has 3 rings (SSSR count). The predicted octanol–water partition coefficient (Wildman–Crippen LogP) is 0.958. The molecule has 1 unspecified atom stereocenters. The molecule has 1 aromatic carbocycles. The second-order valence-electron chi connectivity index (χ2n) is 7.08. The Morgan fingerprint density at radius 1 is 1.38 bits per heavy atom. The molecule has 26 heavy (non-hydrogen) atoms. The SMILES string of the molecule is COc1ccc(C=CC(=O)N2CCCC3(CCNC3)C2)cc1S(N)(=O)=O. The van der Waals surface area contributed by atoms with Gasteiger partial charge >= 0.3 is 0 Å². The fourth-order valence-corrected chi connectivity index (χ4v) is 4.56. The average molecular weight is 379 g/mol. The first-order valence-electron chi connectivity index (χ1n) is 8.72. The summed E-state index contributed by atoms with van der Waals surface area (Å²) in [5.74, 6) is 0.131. The van der Waals surface area contributed by atoms with Crippen molar-refractivity contribution in [3.63, 3.8) is 0 Å². The maximum absolute atomic E-state index is 12.6. The van der Waals surface area contributed by atoms with Crippen LogP contribution in [0.5, 0.6) is 5.75 Å². The number of hydrogen-bond donors (Lipinski definition) is 2. The van der Waals surface area contributed by atoms with Gasteiger partial charge in [0.2, 0.25) is 15.9 Å². The van der Waals surface area contributed by atoms with Gasteiger partial charge in [-0.2, -0.15) is 0 Å². The summed E-state index contributed by atoms with van der Waals surface area (Å²) in [5, 5.41) is 8.62. The van der Waals surface area contributed by atoms with Crippen molar-refractivity contribution >= 4 is 22.0 Å². The quantitative estimate of drug-likeness (QED) is 0.759. The van der Waals surface area contributed by atoms with Crippen LogP contribution < -0.4 is 15.2 Å². The number of rotatable bonds is 4. The zero-order chi connectivity index (χ0) is 18.8. The van der Waals surface area contributed by atoms with Crippen LogP contribution in [-0.2, 0) is 14.8 Å². The van der Waals surface area contributed by atoms with Gasteiger partial charge in [0, 0.05) is 31.1 Å². The number of nitrogens with zero attached hydrogens (tertiary/aromatic N) is 1. The minimum Gasteiger partial charge on any atom is -0.495 e. The summed E-state index contributed by atoms with van der Waals surface area (Å²) in [4.78, 5) is 14.4. The van der Waals surface area contributed by atoms with E-state index >= 15 is 0 Å². The van der Waals surface area contributed by atoms with Crippen molar-refractivity contribution in [2.24, 2.45) is 10.6 Å². The summed E-state index contributed by atoms with van der Waals surface area (Å²) >= 11 is 0. The highest BCUT2D eigenvalue weighted by atomic mass is 32.2. The first-order chi connectivity index (χ1) is 12.3. The van der Waals surface area contributed by atoms with E-state index < -0.39 is 10.0 Å². The molecule has 2 aliphatic heterocycles. The molecule has 0 saturated carbocycles. The number of primary sulfonamides is 1. The Balaban J connectivity index is 1.74. The summed E-state index contributed by atoms with van der Waals surface area (Å²) in [5.41, 5.74) is 0.792. The third-order valence-electron chi connectivity index (χ3n) is 5.22. The first-order valence-corrected chi connectivity index (χ1v) is 10.3. The van der Waals surface area contributed by atoms with Crippen LogP contribution in [0.3, 0.4) is 0 Å². The minimum atomic E-state index is -3.90. The molecule has 1 spiro atoms. The van der Waals surface area contributed by atoms with Crippen LogP contribution in [-0.4, -0.2) is 52.5 Å². The maximum Gasteiger partial charge on any atom is 0.246 e. The van der Waals surface area contributed by atoms with Crippen LogP contribution in [0.1, 0.15) is 24.8 Å². The summed E-state index contributed by atoms with van der Waals surface area (Å²) in [6, 6.07) is 4.64. The molecule has 3 N–H and O–H groups in total. The molecule has 0 aliphatic carbocycles. The third kappa shape index (κ3) is 4.08. The van der Waals surface area contributed by atoms with Crippen LogP contribution in [0.4, 0.5) is 0 Å². The summed E-state index contributed by atoms with van der Waals surface area (Å²) < 4.78 is 28.4. The van der Waals surface area contributed by atoms with Gasteiger partial charge in [-0.3, -0.25) is 4.79 Å². The number of hydrogen-bond acceptors (Lipinski definition) is 5. The molecule has 0 aromatic heterocycles. The highest BCUT2D eigenvalue weighted by Gasteiger charge is 2.38.